The van der Waals surface area contributed by atoms with Crippen LogP contribution in [0.15, 0.2) is 0 Å². The lowest BCUT2D eigenvalue weighted by Gasteiger charge is -2.20. The topological polar surface area (TPSA) is 0 Å². The van der Waals surface area contributed by atoms with E-state index in [1.54, 1.807) is 0 Å². The van der Waals surface area contributed by atoms with Crippen LogP contribution in [-0.4, -0.2) is 0 Å². The van der Waals surface area contributed by atoms with Crippen molar-refractivity contribution in [2.75, 3.05) is 0 Å². The van der Waals surface area contributed by atoms with Gasteiger partial charge in [-0.05, 0) is 41.9 Å². The molecule has 0 heterocycles. The highest BCUT2D eigenvalue weighted by atomic mass is 14.6. The maximum Gasteiger partial charge on any atom is -0.0266 e. The van der Waals surface area contributed by atoms with E-state index in [0.29, 0.717) is 0 Å². The van der Waals surface area contributed by atoms with Crippen LogP contribution in [0.3, 0.4) is 0 Å². The van der Waals surface area contributed by atoms with Gasteiger partial charge in [-0.25, -0.2) is 0 Å². The summed E-state index contributed by atoms with van der Waals surface area (Å²) in [5, 5.41) is 0. The molecule has 0 radical (unpaired) electrons. The molecule has 2 aliphatic rings. The van der Waals surface area contributed by atoms with Crippen LogP contribution in [0.25, 0.3) is 0 Å². The van der Waals surface area contributed by atoms with E-state index in [4.69, 9.17) is 0 Å². The molecule has 0 heteroatoms. The molecule has 0 aliphatic heterocycles. The van der Waals surface area contributed by atoms with E-state index >= 15 is 0 Å². The maximum atomic E-state index is 2.52. The fourth-order valence-electron chi connectivity index (χ4n) is 3.48. The summed E-state index contributed by atoms with van der Waals surface area (Å²) in [6.45, 7) is 9.74. The zero-order valence-electron chi connectivity index (χ0n) is 9.64. The molecule has 0 amide bonds. The summed E-state index contributed by atoms with van der Waals surface area (Å²) in [4.78, 5) is 0. The molecule has 5 atom stereocenters. The predicted molar refractivity (Wildman–Crippen MR) is 57.6 cm³/mol. The molecule has 2 fully saturated rings. The molecule has 2 rings (SSSR count). The Morgan fingerprint density at radius 3 is 2.38 bits per heavy atom. The predicted octanol–water partition coefficient (Wildman–Crippen LogP) is 4.10. The molecule has 2 aliphatic carbocycles. The number of hydrogen-bond donors (Lipinski definition) is 0. The van der Waals surface area contributed by atoms with E-state index in [-0.39, 0.29) is 0 Å². The number of rotatable bonds is 4. The number of hydrogen-bond acceptors (Lipinski definition) is 0. The second-order valence-electron chi connectivity index (χ2n) is 5.67. The summed E-state index contributed by atoms with van der Waals surface area (Å²) in [7, 11) is 0. The van der Waals surface area contributed by atoms with Gasteiger partial charge in [0.15, 0.2) is 0 Å². The molecule has 0 spiro atoms. The smallest absolute Gasteiger partial charge is 0.0266 e. The minimum atomic E-state index is 0.739. The maximum absolute atomic E-state index is 2.52. The molecule has 0 N–H and O–H groups in total. The Balaban J connectivity index is 1.89. The minimum absolute atomic E-state index is 0.739. The van der Waals surface area contributed by atoms with E-state index in [1.807, 2.05) is 0 Å². The lowest BCUT2D eigenvalue weighted by atomic mass is 9.84. The van der Waals surface area contributed by atoms with Gasteiger partial charge in [-0.15, -0.1) is 0 Å². The van der Waals surface area contributed by atoms with E-state index in [2.05, 4.69) is 27.7 Å². The highest BCUT2D eigenvalue weighted by Gasteiger charge is 2.57. The van der Waals surface area contributed by atoms with Gasteiger partial charge in [0.2, 0.25) is 0 Å². The van der Waals surface area contributed by atoms with E-state index in [0.717, 1.165) is 29.1 Å². The third kappa shape index (κ3) is 1.43. The Labute approximate surface area is 83.1 Å². The van der Waals surface area contributed by atoms with E-state index in [9.17, 15) is 0 Å². The molecule has 0 aromatic heterocycles. The normalized spacial score (nSPS) is 50.3. The lowest BCUT2D eigenvalue weighted by Crippen LogP contribution is -2.14. The summed E-state index contributed by atoms with van der Waals surface area (Å²) >= 11 is 0. The summed E-state index contributed by atoms with van der Waals surface area (Å²) in [6.07, 6.45) is 5.87. The van der Waals surface area contributed by atoms with Crippen LogP contribution in [0.2, 0.25) is 0 Å². The fraction of sp³-hybridized carbons (Fsp3) is 1.00. The molecule has 76 valence electrons. The molecule has 0 saturated heterocycles. The quantitative estimate of drug-likeness (QED) is 0.611. The van der Waals surface area contributed by atoms with Crippen molar-refractivity contribution in [3.8, 4) is 0 Å². The molecule has 5 unspecified atom stereocenters. The van der Waals surface area contributed by atoms with Crippen molar-refractivity contribution in [1.82, 2.24) is 0 Å². The molecule has 13 heavy (non-hydrogen) atoms. The molecular formula is C13H24. The van der Waals surface area contributed by atoms with E-state index < -0.39 is 0 Å². The van der Waals surface area contributed by atoms with Gasteiger partial charge in [-0.3, -0.25) is 0 Å². The highest BCUT2D eigenvalue weighted by Crippen LogP contribution is 2.65. The van der Waals surface area contributed by atoms with Crippen LogP contribution < -0.4 is 0 Å². The Kier molecular flexibility index (Phi) is 2.20. The van der Waals surface area contributed by atoms with Crippen LogP contribution >= 0.6 is 0 Å². The fourth-order valence-corrected chi connectivity index (χ4v) is 3.48. The molecule has 0 bridgehead atoms. The highest BCUT2D eigenvalue weighted by molar-refractivity contribution is 5.06. The van der Waals surface area contributed by atoms with Crippen molar-refractivity contribution < 1.29 is 0 Å². The van der Waals surface area contributed by atoms with Gasteiger partial charge in [0.1, 0.15) is 0 Å². The van der Waals surface area contributed by atoms with Gasteiger partial charge in [0.25, 0.3) is 0 Å². The van der Waals surface area contributed by atoms with Crippen molar-refractivity contribution in [2.45, 2.75) is 53.4 Å². The Hall–Kier alpha value is 0. The second-order valence-corrected chi connectivity index (χ2v) is 5.67. The summed E-state index contributed by atoms with van der Waals surface area (Å²) in [6, 6.07) is 0. The first-order chi connectivity index (χ1) is 6.13. The zero-order chi connectivity index (χ0) is 9.64. The van der Waals surface area contributed by atoms with Crippen LogP contribution in [0.1, 0.15) is 53.4 Å². The van der Waals surface area contributed by atoms with Crippen LogP contribution in [0.5, 0.6) is 0 Å². The molecule has 0 aromatic rings. The van der Waals surface area contributed by atoms with Crippen LogP contribution in [0, 0.1) is 29.1 Å². The van der Waals surface area contributed by atoms with Gasteiger partial charge in [0, 0.05) is 0 Å². The van der Waals surface area contributed by atoms with Crippen molar-refractivity contribution in [3.63, 3.8) is 0 Å². The monoisotopic (exact) mass is 180 g/mol. The first kappa shape index (κ1) is 9.55. The first-order valence-electron chi connectivity index (χ1n) is 6.13. The molecule has 2 saturated carbocycles. The summed E-state index contributed by atoms with van der Waals surface area (Å²) < 4.78 is 0. The third-order valence-electron chi connectivity index (χ3n) is 5.14. The lowest BCUT2D eigenvalue weighted by molar-refractivity contribution is 0.280. The van der Waals surface area contributed by atoms with Crippen molar-refractivity contribution in [2.24, 2.45) is 29.1 Å². The summed E-state index contributed by atoms with van der Waals surface area (Å²) in [5.41, 5.74) is 0.739. The van der Waals surface area contributed by atoms with Crippen molar-refractivity contribution in [3.05, 3.63) is 0 Å². The van der Waals surface area contributed by atoms with Gasteiger partial charge in [-0.2, -0.15) is 0 Å². The van der Waals surface area contributed by atoms with Gasteiger partial charge >= 0.3 is 0 Å². The third-order valence-corrected chi connectivity index (χ3v) is 5.14. The first-order valence-corrected chi connectivity index (χ1v) is 6.13. The average Bonchev–Trinajstić information content (AvgIpc) is 2.98. The van der Waals surface area contributed by atoms with Crippen molar-refractivity contribution >= 4 is 0 Å². The minimum Gasteiger partial charge on any atom is -0.0651 e. The van der Waals surface area contributed by atoms with E-state index in [1.165, 1.54) is 25.7 Å². The Bertz CT molecular complexity index is 196. The van der Waals surface area contributed by atoms with Gasteiger partial charge < -0.3 is 0 Å². The largest absolute Gasteiger partial charge is 0.0651 e. The average molecular weight is 180 g/mol. The Morgan fingerprint density at radius 2 is 2.00 bits per heavy atom. The van der Waals surface area contributed by atoms with Crippen LogP contribution in [-0.2, 0) is 0 Å². The standard InChI is InChI=1S/C13H24/c1-5-10-7-12(10)9(3)13(4)8-11(13)6-2/h9-12H,5-8H2,1-4H3. The Morgan fingerprint density at radius 1 is 1.31 bits per heavy atom. The van der Waals surface area contributed by atoms with Crippen molar-refractivity contribution in [1.29, 1.82) is 0 Å². The summed E-state index contributed by atoms with van der Waals surface area (Å²) in [5.74, 6) is 4.24. The molecule has 0 nitrogen and oxygen atoms in total. The van der Waals surface area contributed by atoms with Gasteiger partial charge in [-0.1, -0.05) is 40.5 Å². The molecular weight excluding hydrogens is 156 g/mol. The van der Waals surface area contributed by atoms with Gasteiger partial charge in [0.05, 0.1) is 0 Å². The zero-order valence-corrected chi connectivity index (χ0v) is 9.64. The molecule has 0 aromatic carbocycles. The SMILES string of the molecule is CCC1CC1C(C)C1(C)CC1CC. The second kappa shape index (κ2) is 3.00. The van der Waals surface area contributed by atoms with Crippen LogP contribution in [0.4, 0.5) is 0 Å².